The van der Waals surface area contributed by atoms with Gasteiger partial charge in [-0.25, -0.2) is 0 Å². The maximum absolute atomic E-state index is 2.75. The first-order chi connectivity index (χ1) is 31.3. The van der Waals surface area contributed by atoms with Crippen molar-refractivity contribution in [2.75, 3.05) is 0 Å². The van der Waals surface area contributed by atoms with Gasteiger partial charge >= 0.3 is 0 Å². The second-order valence-corrected chi connectivity index (χ2v) is 20.2. The highest BCUT2D eigenvalue weighted by atomic mass is 28.3. The highest BCUT2D eigenvalue weighted by molar-refractivity contribution is 7.20. The summed E-state index contributed by atoms with van der Waals surface area (Å²) in [5.41, 5.74) is 11.9. The van der Waals surface area contributed by atoms with Crippen molar-refractivity contribution in [3.05, 3.63) is 255 Å². The van der Waals surface area contributed by atoms with E-state index in [-0.39, 0.29) is 0 Å². The summed E-state index contributed by atoms with van der Waals surface area (Å²) in [4.78, 5) is 0. The van der Waals surface area contributed by atoms with Crippen molar-refractivity contribution in [3.63, 3.8) is 0 Å². The van der Waals surface area contributed by atoms with Crippen molar-refractivity contribution in [1.82, 2.24) is 9.13 Å². The van der Waals surface area contributed by atoms with Crippen LogP contribution < -0.4 is 20.7 Å². The fourth-order valence-electron chi connectivity index (χ4n) is 10.4. The average molecular weight is 819 g/mol. The summed E-state index contributed by atoms with van der Waals surface area (Å²) in [7, 11) is -2.75. The van der Waals surface area contributed by atoms with Crippen molar-refractivity contribution in [1.29, 1.82) is 0 Å². The molecule has 296 valence electrons. The van der Waals surface area contributed by atoms with E-state index in [9.17, 15) is 0 Å². The third kappa shape index (κ3) is 5.85. The Morgan fingerprint density at radius 2 is 0.746 bits per heavy atom. The second-order valence-electron chi connectivity index (χ2n) is 16.4. The van der Waals surface area contributed by atoms with Crippen LogP contribution in [-0.2, 0) is 0 Å². The molecule has 0 saturated carbocycles. The summed E-state index contributed by atoms with van der Waals surface area (Å²) in [5.74, 6) is 0. The van der Waals surface area contributed by atoms with Gasteiger partial charge in [-0.2, -0.15) is 0 Å². The number of aromatic nitrogens is 2. The van der Waals surface area contributed by atoms with Gasteiger partial charge in [0.2, 0.25) is 0 Å². The van der Waals surface area contributed by atoms with E-state index in [1.54, 1.807) is 0 Å². The van der Waals surface area contributed by atoms with Crippen molar-refractivity contribution >= 4 is 72.4 Å². The highest BCUT2D eigenvalue weighted by Gasteiger charge is 2.41. The molecule has 10 aromatic carbocycles. The molecule has 12 rings (SSSR count). The molecule has 0 bridgehead atoms. The van der Waals surface area contributed by atoms with Crippen LogP contribution in [0.1, 0.15) is 0 Å². The smallest absolute Gasteiger partial charge is 0.179 e. The molecule has 0 aliphatic heterocycles. The zero-order chi connectivity index (χ0) is 41.7. The lowest BCUT2D eigenvalue weighted by Gasteiger charge is -2.34. The predicted octanol–water partition coefficient (Wildman–Crippen LogP) is 12.6. The molecule has 0 radical (unpaired) electrons. The SMILES string of the molecule is c1ccc(-c2ccccc2-n2c3ccc(-n4c5ccccc5c5cc([Si](c6ccccc6)(c6ccccc6)c6ccccc6)ccc54)cc3c3c(-c4ccccc4)cccc32)cc1. The van der Waals surface area contributed by atoms with E-state index in [0.29, 0.717) is 0 Å². The Morgan fingerprint density at radius 1 is 0.270 bits per heavy atom. The molecule has 12 aromatic rings. The summed E-state index contributed by atoms with van der Waals surface area (Å²) in [6.45, 7) is 0. The lowest BCUT2D eigenvalue weighted by molar-refractivity contribution is 1.17. The summed E-state index contributed by atoms with van der Waals surface area (Å²) in [5, 5.41) is 10.4. The van der Waals surface area contributed by atoms with Crippen LogP contribution in [0.4, 0.5) is 0 Å². The number of rotatable bonds is 8. The van der Waals surface area contributed by atoms with Gasteiger partial charge in [-0.15, -0.1) is 0 Å². The molecule has 0 saturated heterocycles. The quantitative estimate of drug-likeness (QED) is 0.107. The van der Waals surface area contributed by atoms with Gasteiger partial charge in [-0.3, -0.25) is 0 Å². The minimum Gasteiger partial charge on any atom is -0.309 e. The molecule has 2 aromatic heterocycles. The molecule has 63 heavy (non-hydrogen) atoms. The second kappa shape index (κ2) is 15.2. The van der Waals surface area contributed by atoms with Gasteiger partial charge < -0.3 is 9.13 Å². The number of hydrogen-bond donors (Lipinski definition) is 0. The van der Waals surface area contributed by atoms with E-state index in [0.717, 1.165) is 11.4 Å². The fourth-order valence-corrected chi connectivity index (χ4v) is 15.2. The molecule has 0 atom stereocenters. The first-order valence-corrected chi connectivity index (χ1v) is 23.8. The Morgan fingerprint density at radius 3 is 1.40 bits per heavy atom. The summed E-state index contributed by atoms with van der Waals surface area (Å²) >= 11 is 0. The first-order valence-electron chi connectivity index (χ1n) is 21.8. The van der Waals surface area contributed by atoms with Gasteiger partial charge in [0, 0.05) is 32.8 Å². The molecule has 3 heteroatoms. The zero-order valence-corrected chi connectivity index (χ0v) is 35.6. The Bertz CT molecular complexity index is 3500. The van der Waals surface area contributed by atoms with E-state index >= 15 is 0 Å². The molecule has 2 nitrogen and oxygen atoms in total. The Hall–Kier alpha value is -7.98. The van der Waals surface area contributed by atoms with Crippen LogP contribution in [0.5, 0.6) is 0 Å². The molecule has 0 spiro atoms. The van der Waals surface area contributed by atoms with E-state index in [1.165, 1.54) is 86.6 Å². The molecule has 0 unspecified atom stereocenters. The number of hydrogen-bond acceptors (Lipinski definition) is 0. The minimum absolute atomic E-state index is 1.14. The normalized spacial score (nSPS) is 11.8. The summed E-state index contributed by atoms with van der Waals surface area (Å²) in [6.07, 6.45) is 0. The monoisotopic (exact) mass is 818 g/mol. The molecule has 2 heterocycles. The standard InChI is InChI=1S/C60H42N2Si/c1-6-21-43(22-7-1)50-31-16-18-34-55(50)62-58-39-37-45(41-54(58)60-51(33-20-36-59(60)62)44-23-8-2-9-24-44)61-56-35-19-17-32-52(56)53-42-49(38-40-57(53)61)63(46-25-10-3-11-26-46,47-27-12-4-13-28-47)48-29-14-5-15-30-48/h1-42H. The molecule has 0 fully saturated rings. The Balaban J connectivity index is 1.14. The van der Waals surface area contributed by atoms with Gasteiger partial charge in [0.05, 0.1) is 27.8 Å². The van der Waals surface area contributed by atoms with E-state index < -0.39 is 8.07 Å². The van der Waals surface area contributed by atoms with Crippen LogP contribution in [0.25, 0.3) is 77.2 Å². The molecular weight excluding hydrogens is 777 g/mol. The Kier molecular flexibility index (Phi) is 8.87. The van der Waals surface area contributed by atoms with Gasteiger partial charge in [0.15, 0.2) is 8.07 Å². The maximum Gasteiger partial charge on any atom is 0.179 e. The third-order valence-electron chi connectivity index (χ3n) is 13.1. The van der Waals surface area contributed by atoms with Crippen LogP contribution >= 0.6 is 0 Å². The number of para-hydroxylation sites is 2. The Labute approximate surface area is 368 Å². The van der Waals surface area contributed by atoms with Crippen molar-refractivity contribution < 1.29 is 0 Å². The van der Waals surface area contributed by atoms with Crippen molar-refractivity contribution in [2.45, 2.75) is 0 Å². The van der Waals surface area contributed by atoms with Crippen LogP contribution in [0.2, 0.25) is 0 Å². The predicted molar refractivity (Wildman–Crippen MR) is 270 cm³/mol. The van der Waals surface area contributed by atoms with Gasteiger partial charge in [-0.1, -0.05) is 212 Å². The minimum atomic E-state index is -2.75. The van der Waals surface area contributed by atoms with Crippen molar-refractivity contribution in [2.24, 2.45) is 0 Å². The van der Waals surface area contributed by atoms with Crippen LogP contribution in [-0.4, -0.2) is 17.2 Å². The molecule has 0 N–H and O–H groups in total. The lowest BCUT2D eigenvalue weighted by Crippen LogP contribution is -2.74. The number of benzene rings is 10. The number of fused-ring (bicyclic) bond motifs is 6. The molecular formula is C60H42N2Si. The van der Waals surface area contributed by atoms with E-state index in [2.05, 4.69) is 264 Å². The first kappa shape index (κ1) is 36.8. The maximum atomic E-state index is 2.52. The van der Waals surface area contributed by atoms with E-state index in [4.69, 9.17) is 0 Å². The van der Waals surface area contributed by atoms with E-state index in [1.807, 2.05) is 0 Å². The van der Waals surface area contributed by atoms with Crippen LogP contribution in [0.3, 0.4) is 0 Å². The topological polar surface area (TPSA) is 9.86 Å². The molecule has 0 aliphatic carbocycles. The largest absolute Gasteiger partial charge is 0.309 e. The number of nitrogens with zero attached hydrogens (tertiary/aromatic N) is 2. The molecule has 0 amide bonds. The lowest BCUT2D eigenvalue weighted by atomic mass is 9.99. The average Bonchev–Trinajstić information content (AvgIpc) is 3.88. The van der Waals surface area contributed by atoms with Gasteiger partial charge in [0.1, 0.15) is 0 Å². The summed E-state index contributed by atoms with van der Waals surface area (Å²) < 4.78 is 4.96. The fraction of sp³-hybridized carbons (Fsp3) is 0. The van der Waals surface area contributed by atoms with Gasteiger partial charge in [-0.05, 0) is 79.9 Å². The van der Waals surface area contributed by atoms with Crippen LogP contribution in [0, 0.1) is 0 Å². The summed E-state index contributed by atoms with van der Waals surface area (Å²) in [6, 6.07) is 94.2. The zero-order valence-electron chi connectivity index (χ0n) is 34.6. The molecule has 0 aliphatic rings. The van der Waals surface area contributed by atoms with Crippen LogP contribution in [0.15, 0.2) is 255 Å². The van der Waals surface area contributed by atoms with Crippen molar-refractivity contribution in [3.8, 4) is 33.6 Å². The van der Waals surface area contributed by atoms with Gasteiger partial charge in [0.25, 0.3) is 0 Å². The highest BCUT2D eigenvalue weighted by Crippen LogP contribution is 2.42. The third-order valence-corrected chi connectivity index (χ3v) is 17.8.